The quantitative estimate of drug-likeness (QED) is 0.111. The third-order valence-corrected chi connectivity index (χ3v) is 10.3. The van der Waals surface area contributed by atoms with Gasteiger partial charge >= 0.3 is 11.9 Å². The van der Waals surface area contributed by atoms with Gasteiger partial charge in [0.05, 0.1) is 6.04 Å². The Hall–Kier alpha value is -3.64. The lowest BCUT2D eigenvalue weighted by molar-refractivity contribution is -0.138. The summed E-state index contributed by atoms with van der Waals surface area (Å²) in [6.07, 6.45) is 7.07. The van der Waals surface area contributed by atoms with E-state index in [-0.39, 0.29) is 48.5 Å². The Labute approximate surface area is 271 Å². The maximum absolute atomic E-state index is 12.7. The fraction of sp³-hybridized carbons (Fsp3) is 0.455. The Morgan fingerprint density at radius 1 is 0.933 bits per heavy atom. The summed E-state index contributed by atoms with van der Waals surface area (Å²) in [6, 6.07) is -0.204. The molecule has 240 valence electrons. The van der Waals surface area contributed by atoms with Crippen molar-refractivity contribution in [3.8, 4) is 0 Å². The number of carbonyl (C=O) groups is 4. The zero-order valence-corrected chi connectivity index (χ0v) is 27.6. The maximum atomic E-state index is 12.7. The van der Waals surface area contributed by atoms with Crippen LogP contribution in [0.1, 0.15) is 66.8 Å². The number of hydrogen-bond acceptors (Lipinski definition) is 6. The lowest BCUT2D eigenvalue weighted by Crippen LogP contribution is -2.28. The van der Waals surface area contributed by atoms with Gasteiger partial charge in [0.15, 0.2) is 0 Å². The average molecular weight is 653 g/mol. The van der Waals surface area contributed by atoms with Crippen LogP contribution in [0.4, 0.5) is 0 Å². The number of aromatic amines is 2. The second-order valence-corrected chi connectivity index (χ2v) is 13.6. The highest BCUT2D eigenvalue weighted by atomic mass is 32.2. The number of thioether (sulfide) groups is 1. The molecule has 12 heteroatoms. The average Bonchev–Trinajstić information content (AvgIpc) is 3.56. The molecule has 0 bridgehead atoms. The SMILES string of the molecule is Cc1c(/C=C2\NC(=O)[C@H](C)[C@H]2CCS)[nH]c(/C=c2\[nH]/c(=C\[C@H]3NC(=O)/C(=C4/CS4)C3C)c(C)c2CCC(=O)O)c1CCC(=O)O. The zero-order valence-electron chi connectivity index (χ0n) is 25.9. The Kier molecular flexibility index (Phi) is 9.74. The number of hydrogen-bond donors (Lipinski definition) is 7. The summed E-state index contributed by atoms with van der Waals surface area (Å²) in [5.74, 6) is -0.517. The first-order valence-electron chi connectivity index (χ1n) is 15.3. The van der Waals surface area contributed by atoms with E-state index >= 15 is 0 Å². The van der Waals surface area contributed by atoms with Gasteiger partial charge in [-0.2, -0.15) is 12.6 Å². The van der Waals surface area contributed by atoms with Crippen LogP contribution in [0.3, 0.4) is 0 Å². The van der Waals surface area contributed by atoms with Gasteiger partial charge < -0.3 is 30.8 Å². The Morgan fingerprint density at radius 2 is 1.60 bits per heavy atom. The maximum Gasteiger partial charge on any atom is 0.303 e. The molecular formula is C33H40N4O6S2. The van der Waals surface area contributed by atoms with E-state index in [4.69, 9.17) is 0 Å². The molecule has 45 heavy (non-hydrogen) atoms. The van der Waals surface area contributed by atoms with Crippen LogP contribution >= 0.6 is 24.4 Å². The number of allylic oxidation sites excluding steroid dienone is 1. The number of thiol groups is 1. The van der Waals surface area contributed by atoms with Crippen molar-refractivity contribution in [1.29, 1.82) is 0 Å². The number of amides is 2. The first kappa shape index (κ1) is 32.7. The van der Waals surface area contributed by atoms with Gasteiger partial charge in [0, 0.05) is 74.6 Å². The predicted octanol–water partition coefficient (Wildman–Crippen LogP) is 2.78. The Balaban J connectivity index is 1.62. The molecule has 0 saturated carbocycles. The molecule has 3 saturated heterocycles. The highest BCUT2D eigenvalue weighted by molar-refractivity contribution is 8.11. The van der Waals surface area contributed by atoms with Crippen molar-refractivity contribution in [2.24, 2.45) is 17.8 Å². The molecule has 5 rings (SSSR count). The molecule has 2 aromatic rings. The van der Waals surface area contributed by atoms with E-state index < -0.39 is 11.9 Å². The largest absolute Gasteiger partial charge is 0.481 e. The first-order valence-corrected chi connectivity index (χ1v) is 16.9. The third kappa shape index (κ3) is 6.96. The number of rotatable bonds is 11. The van der Waals surface area contributed by atoms with Gasteiger partial charge in [-0.25, -0.2) is 0 Å². The molecule has 2 aromatic heterocycles. The molecule has 3 aliphatic rings. The summed E-state index contributed by atoms with van der Waals surface area (Å²) in [6.45, 7) is 7.83. The second kappa shape index (κ2) is 13.4. The predicted molar refractivity (Wildman–Crippen MR) is 178 cm³/mol. The first-order chi connectivity index (χ1) is 21.4. The number of H-pyrrole nitrogens is 2. The monoisotopic (exact) mass is 652 g/mol. The number of aromatic nitrogens is 2. The van der Waals surface area contributed by atoms with Crippen molar-refractivity contribution >= 4 is 66.4 Å². The lowest BCUT2D eigenvalue weighted by Gasteiger charge is -2.12. The molecule has 2 amide bonds. The highest BCUT2D eigenvalue weighted by Crippen LogP contribution is 2.43. The van der Waals surface area contributed by atoms with E-state index in [2.05, 4.69) is 33.2 Å². The zero-order chi connectivity index (χ0) is 32.6. The fourth-order valence-electron chi connectivity index (χ4n) is 6.49. The molecule has 4 atom stereocenters. The van der Waals surface area contributed by atoms with Gasteiger partial charge in [0.1, 0.15) is 0 Å². The summed E-state index contributed by atoms with van der Waals surface area (Å²) in [5.41, 5.74) is 6.62. The Morgan fingerprint density at radius 3 is 2.22 bits per heavy atom. The van der Waals surface area contributed by atoms with Gasteiger partial charge in [-0.05, 0) is 79.3 Å². The van der Waals surface area contributed by atoms with E-state index in [1.807, 2.05) is 45.9 Å². The highest BCUT2D eigenvalue weighted by Gasteiger charge is 2.38. The van der Waals surface area contributed by atoms with Crippen LogP contribution in [-0.2, 0) is 32.0 Å². The van der Waals surface area contributed by atoms with Crippen LogP contribution in [-0.4, -0.2) is 61.5 Å². The molecule has 0 aliphatic carbocycles. The van der Waals surface area contributed by atoms with Gasteiger partial charge in [0.25, 0.3) is 0 Å². The minimum absolute atomic E-state index is 0.00696. The summed E-state index contributed by atoms with van der Waals surface area (Å²) < 4.78 is 0. The third-order valence-electron chi connectivity index (χ3n) is 9.26. The smallest absolute Gasteiger partial charge is 0.303 e. The molecule has 0 radical (unpaired) electrons. The van der Waals surface area contributed by atoms with E-state index in [9.17, 15) is 29.4 Å². The van der Waals surface area contributed by atoms with Crippen molar-refractivity contribution in [2.45, 2.75) is 65.8 Å². The molecule has 1 unspecified atom stereocenters. The number of nitrogens with one attached hydrogen (secondary N) is 4. The van der Waals surface area contributed by atoms with E-state index in [1.165, 1.54) is 0 Å². The minimum atomic E-state index is -0.909. The van der Waals surface area contributed by atoms with Crippen molar-refractivity contribution in [2.75, 3.05) is 11.5 Å². The van der Waals surface area contributed by atoms with Crippen LogP contribution in [0.5, 0.6) is 0 Å². The van der Waals surface area contributed by atoms with E-state index in [1.54, 1.807) is 11.8 Å². The van der Waals surface area contributed by atoms with E-state index in [0.717, 1.165) is 67.0 Å². The number of aliphatic carboxylic acids is 2. The van der Waals surface area contributed by atoms with Gasteiger partial charge in [-0.3, -0.25) is 19.2 Å². The van der Waals surface area contributed by atoms with E-state index in [0.29, 0.717) is 24.3 Å². The summed E-state index contributed by atoms with van der Waals surface area (Å²) >= 11 is 6.08. The molecule has 5 heterocycles. The number of carbonyl (C=O) groups excluding carboxylic acids is 2. The van der Waals surface area contributed by atoms with Crippen molar-refractivity contribution in [3.63, 3.8) is 0 Å². The summed E-state index contributed by atoms with van der Waals surface area (Å²) in [7, 11) is 0. The van der Waals surface area contributed by atoms with Gasteiger partial charge in [-0.1, -0.05) is 13.8 Å². The lowest BCUT2D eigenvalue weighted by atomic mass is 9.91. The van der Waals surface area contributed by atoms with Crippen LogP contribution in [0.2, 0.25) is 0 Å². The second-order valence-electron chi connectivity index (χ2n) is 12.1. The number of carboxylic acids is 2. The van der Waals surface area contributed by atoms with Crippen molar-refractivity contribution in [3.05, 3.63) is 60.5 Å². The molecular weight excluding hydrogens is 613 g/mol. The number of carboxylic acid groups (broad SMARTS) is 2. The van der Waals surface area contributed by atoms with Gasteiger partial charge in [-0.15, -0.1) is 11.8 Å². The van der Waals surface area contributed by atoms with Crippen molar-refractivity contribution in [1.82, 2.24) is 20.6 Å². The minimum Gasteiger partial charge on any atom is -0.481 e. The molecule has 0 aromatic carbocycles. The summed E-state index contributed by atoms with van der Waals surface area (Å²) in [4.78, 5) is 56.4. The molecule has 0 spiro atoms. The molecule has 3 aliphatic heterocycles. The van der Waals surface area contributed by atoms with Gasteiger partial charge in [0.2, 0.25) is 11.8 Å². The van der Waals surface area contributed by atoms with Crippen LogP contribution in [0.25, 0.3) is 18.2 Å². The van der Waals surface area contributed by atoms with Crippen molar-refractivity contribution < 1.29 is 29.4 Å². The normalized spacial score (nSPS) is 26.2. The van der Waals surface area contributed by atoms with Crippen LogP contribution in [0.15, 0.2) is 16.2 Å². The van der Waals surface area contributed by atoms with Crippen LogP contribution in [0, 0.1) is 31.6 Å². The Bertz CT molecular complexity index is 1740. The molecule has 3 fully saturated rings. The van der Waals surface area contributed by atoms with Crippen LogP contribution < -0.4 is 21.3 Å². The standard InChI is InChI=1S/C33H40N4O6S2/c1-15-19(5-7-29(38)39)25(34-22(15)11-24-18(4)31(28-14-45-28)33(43)36-24)13-26-20(6-8-30(40)41)16(2)23(35-26)12-27-21(9-10-44)17(3)32(42)37-27/h11-13,17-18,21,24,34-35,44H,5-10,14H2,1-4H3,(H,36,43)(H,37,42)(H,38,39)(H,40,41)/b22-11-,25-13-,27-12-,31-28-/t17-,18?,21-,24-/m1/s1. The molecule has 10 nitrogen and oxygen atoms in total. The summed E-state index contributed by atoms with van der Waals surface area (Å²) in [5, 5.41) is 26.6. The molecule has 6 N–H and O–H groups in total. The fourth-order valence-corrected chi connectivity index (χ4v) is 7.43. The topological polar surface area (TPSA) is 164 Å².